The van der Waals surface area contributed by atoms with Gasteiger partial charge in [0.1, 0.15) is 0 Å². The van der Waals surface area contributed by atoms with E-state index in [4.69, 9.17) is 15.2 Å². The molecule has 0 aromatic heterocycles. The van der Waals surface area contributed by atoms with Gasteiger partial charge in [0, 0.05) is 18.2 Å². The van der Waals surface area contributed by atoms with Crippen LogP contribution in [0.25, 0.3) is 0 Å². The van der Waals surface area contributed by atoms with Crippen molar-refractivity contribution in [1.82, 2.24) is 0 Å². The first-order chi connectivity index (χ1) is 7.27. The molecule has 0 unspecified atom stereocenters. The minimum atomic E-state index is 0.542. The Hall–Kier alpha value is -1.82. The number of hydrogen-bond acceptors (Lipinski definition) is 3. The highest BCUT2D eigenvalue weighted by molar-refractivity contribution is 5.51. The van der Waals surface area contributed by atoms with Crippen LogP contribution in [0.15, 0.2) is 18.2 Å². The molecule has 3 nitrogen and oxygen atoms in total. The maximum absolute atomic E-state index is 5.65. The molecule has 3 heteroatoms. The average molecular weight is 205 g/mol. The number of nitrogen functional groups attached to an aromatic ring is 1. The topological polar surface area (TPSA) is 44.5 Å². The fourth-order valence-corrected chi connectivity index (χ4v) is 1.14. The Morgan fingerprint density at radius 3 is 2.80 bits per heavy atom. The molecule has 0 saturated heterocycles. The second kappa shape index (κ2) is 5.82. The number of ether oxygens (including phenoxy) is 2. The van der Waals surface area contributed by atoms with E-state index in [0.29, 0.717) is 30.2 Å². The number of rotatable bonds is 4. The van der Waals surface area contributed by atoms with Gasteiger partial charge in [0.25, 0.3) is 0 Å². The molecule has 0 aliphatic rings. The molecule has 0 bridgehead atoms. The molecule has 0 radical (unpaired) electrons. The van der Waals surface area contributed by atoms with Crippen molar-refractivity contribution in [2.75, 3.05) is 19.5 Å². The smallest absolute Gasteiger partial charge is 0.163 e. The summed E-state index contributed by atoms with van der Waals surface area (Å²) < 4.78 is 10.6. The Balaban J connectivity index is 2.64. The molecule has 0 aliphatic heterocycles. The van der Waals surface area contributed by atoms with Crippen LogP contribution in [0.2, 0.25) is 0 Å². The first kappa shape index (κ1) is 11.3. The molecule has 2 N–H and O–H groups in total. The van der Waals surface area contributed by atoms with Crippen LogP contribution in [-0.4, -0.2) is 13.7 Å². The van der Waals surface area contributed by atoms with Gasteiger partial charge >= 0.3 is 0 Å². The number of nitrogens with two attached hydrogens (primary N) is 1. The molecule has 80 valence electrons. The molecule has 1 rings (SSSR count). The molecule has 0 heterocycles. The lowest BCUT2D eigenvalue weighted by atomic mass is 10.3. The van der Waals surface area contributed by atoms with Gasteiger partial charge in [0.15, 0.2) is 11.5 Å². The second-order valence-corrected chi connectivity index (χ2v) is 2.94. The van der Waals surface area contributed by atoms with Crippen molar-refractivity contribution in [2.45, 2.75) is 13.3 Å². The molecular formula is C12H15NO2. The van der Waals surface area contributed by atoms with Gasteiger partial charge in [-0.15, -0.1) is 11.8 Å². The molecule has 0 spiro atoms. The quantitative estimate of drug-likeness (QED) is 0.465. The lowest BCUT2D eigenvalue weighted by Gasteiger charge is -2.09. The van der Waals surface area contributed by atoms with Crippen molar-refractivity contribution in [3.8, 4) is 23.3 Å². The first-order valence-electron chi connectivity index (χ1n) is 4.74. The summed E-state index contributed by atoms with van der Waals surface area (Å²) >= 11 is 0. The Bertz CT molecular complexity index is 377. The summed E-state index contributed by atoms with van der Waals surface area (Å²) in [5, 5.41) is 0. The number of methoxy groups -OCH3 is 1. The fraction of sp³-hybridized carbons (Fsp3) is 0.333. The van der Waals surface area contributed by atoms with Crippen LogP contribution >= 0.6 is 0 Å². The molecule has 0 amide bonds. The van der Waals surface area contributed by atoms with Crippen LogP contribution in [0.4, 0.5) is 5.69 Å². The summed E-state index contributed by atoms with van der Waals surface area (Å²) in [7, 11) is 1.60. The highest BCUT2D eigenvalue weighted by Crippen LogP contribution is 2.28. The second-order valence-electron chi connectivity index (χ2n) is 2.94. The lowest BCUT2D eigenvalue weighted by Crippen LogP contribution is -1.99. The highest BCUT2D eigenvalue weighted by Gasteiger charge is 2.03. The van der Waals surface area contributed by atoms with Crippen molar-refractivity contribution >= 4 is 5.69 Å². The van der Waals surface area contributed by atoms with Gasteiger partial charge in [0.2, 0.25) is 0 Å². The summed E-state index contributed by atoms with van der Waals surface area (Å²) in [6.07, 6.45) is 0.703. The number of hydrogen-bond donors (Lipinski definition) is 1. The van der Waals surface area contributed by atoms with Crippen LogP contribution in [0.1, 0.15) is 13.3 Å². The van der Waals surface area contributed by atoms with Gasteiger partial charge in [-0.1, -0.05) is 0 Å². The van der Waals surface area contributed by atoms with Gasteiger partial charge in [-0.25, -0.2) is 0 Å². The SMILES string of the molecule is CC#CCCOc1cc(N)ccc1OC. The van der Waals surface area contributed by atoms with Crippen LogP contribution in [-0.2, 0) is 0 Å². The van der Waals surface area contributed by atoms with Gasteiger partial charge in [-0.2, -0.15) is 0 Å². The minimum absolute atomic E-state index is 0.542. The predicted octanol–water partition coefficient (Wildman–Crippen LogP) is 2.07. The van der Waals surface area contributed by atoms with Crippen LogP contribution < -0.4 is 15.2 Å². The first-order valence-corrected chi connectivity index (χ1v) is 4.74. The Morgan fingerprint density at radius 2 is 2.13 bits per heavy atom. The fourth-order valence-electron chi connectivity index (χ4n) is 1.14. The van der Waals surface area contributed by atoms with E-state index in [-0.39, 0.29) is 0 Å². The maximum Gasteiger partial charge on any atom is 0.163 e. The van der Waals surface area contributed by atoms with Gasteiger partial charge < -0.3 is 15.2 Å². The highest BCUT2D eigenvalue weighted by atomic mass is 16.5. The number of benzene rings is 1. The van der Waals surface area contributed by atoms with Crippen molar-refractivity contribution in [2.24, 2.45) is 0 Å². The zero-order valence-corrected chi connectivity index (χ0v) is 9.04. The van der Waals surface area contributed by atoms with Gasteiger partial charge in [-0.3, -0.25) is 0 Å². The van der Waals surface area contributed by atoms with Crippen molar-refractivity contribution < 1.29 is 9.47 Å². The minimum Gasteiger partial charge on any atom is -0.493 e. The van der Waals surface area contributed by atoms with E-state index in [1.54, 1.807) is 32.2 Å². The van der Waals surface area contributed by atoms with E-state index in [1.165, 1.54) is 0 Å². The Labute approximate surface area is 90.2 Å². The third-order valence-electron chi connectivity index (χ3n) is 1.85. The van der Waals surface area contributed by atoms with E-state index < -0.39 is 0 Å². The molecule has 15 heavy (non-hydrogen) atoms. The van der Waals surface area contributed by atoms with Crippen LogP contribution in [0.5, 0.6) is 11.5 Å². The summed E-state index contributed by atoms with van der Waals surface area (Å²) in [5.74, 6) is 7.08. The van der Waals surface area contributed by atoms with Crippen molar-refractivity contribution in [1.29, 1.82) is 0 Å². The Morgan fingerprint density at radius 1 is 1.33 bits per heavy atom. The predicted molar refractivity (Wildman–Crippen MR) is 61.0 cm³/mol. The molecule has 0 saturated carbocycles. The zero-order valence-electron chi connectivity index (χ0n) is 9.04. The van der Waals surface area contributed by atoms with E-state index in [0.717, 1.165) is 0 Å². The molecule has 0 fully saturated rings. The lowest BCUT2D eigenvalue weighted by molar-refractivity contribution is 0.302. The largest absolute Gasteiger partial charge is 0.493 e. The Kier molecular flexibility index (Phi) is 4.36. The summed E-state index contributed by atoms with van der Waals surface area (Å²) in [4.78, 5) is 0. The van der Waals surface area contributed by atoms with Gasteiger partial charge in [0.05, 0.1) is 13.7 Å². The van der Waals surface area contributed by atoms with E-state index in [2.05, 4.69) is 11.8 Å². The van der Waals surface area contributed by atoms with E-state index >= 15 is 0 Å². The molecule has 0 aliphatic carbocycles. The van der Waals surface area contributed by atoms with Gasteiger partial charge in [-0.05, 0) is 19.1 Å². The molecular weight excluding hydrogens is 190 g/mol. The summed E-state index contributed by atoms with van der Waals surface area (Å²) in [6, 6.07) is 5.31. The molecule has 0 atom stereocenters. The number of anilines is 1. The molecule has 1 aromatic carbocycles. The average Bonchev–Trinajstić information content (AvgIpc) is 2.25. The van der Waals surface area contributed by atoms with Crippen molar-refractivity contribution in [3.63, 3.8) is 0 Å². The zero-order chi connectivity index (χ0) is 11.1. The molecule has 1 aromatic rings. The van der Waals surface area contributed by atoms with E-state index in [9.17, 15) is 0 Å². The third kappa shape index (κ3) is 3.43. The van der Waals surface area contributed by atoms with Crippen molar-refractivity contribution in [3.05, 3.63) is 18.2 Å². The normalized spacial score (nSPS) is 8.93. The van der Waals surface area contributed by atoms with Crippen LogP contribution in [0.3, 0.4) is 0 Å². The monoisotopic (exact) mass is 205 g/mol. The van der Waals surface area contributed by atoms with E-state index in [1.807, 2.05) is 0 Å². The standard InChI is InChI=1S/C12H15NO2/c1-3-4-5-8-15-12-9-10(13)6-7-11(12)14-2/h6-7,9H,5,8,13H2,1-2H3. The summed E-state index contributed by atoms with van der Waals surface area (Å²) in [5.41, 5.74) is 6.31. The third-order valence-corrected chi connectivity index (χ3v) is 1.85. The summed E-state index contributed by atoms with van der Waals surface area (Å²) in [6.45, 7) is 2.35. The maximum atomic E-state index is 5.65. The van der Waals surface area contributed by atoms with Crippen LogP contribution in [0, 0.1) is 11.8 Å².